The SMILES string of the molecule is COc1ncccc1CNC(=O)N[C@H](CN1CCOCC1)c1ccccc1. The zero-order valence-electron chi connectivity index (χ0n) is 15.6. The molecule has 1 saturated heterocycles. The van der Waals surface area contributed by atoms with E-state index in [2.05, 4.69) is 20.5 Å². The molecule has 1 aliphatic rings. The molecule has 7 heteroatoms. The lowest BCUT2D eigenvalue weighted by Gasteiger charge is -2.31. The summed E-state index contributed by atoms with van der Waals surface area (Å²) in [5.41, 5.74) is 1.91. The van der Waals surface area contributed by atoms with Gasteiger partial charge in [-0.3, -0.25) is 4.90 Å². The molecular weight excluding hydrogens is 344 g/mol. The van der Waals surface area contributed by atoms with Gasteiger partial charge in [-0.15, -0.1) is 0 Å². The number of pyridine rings is 1. The van der Waals surface area contributed by atoms with E-state index in [0.717, 1.165) is 44.0 Å². The number of carbonyl (C=O) groups excluding carboxylic acids is 1. The third-order valence-corrected chi connectivity index (χ3v) is 4.53. The molecule has 2 N–H and O–H groups in total. The van der Waals surface area contributed by atoms with Gasteiger partial charge in [0.2, 0.25) is 5.88 Å². The number of nitrogens with one attached hydrogen (secondary N) is 2. The number of morpholine rings is 1. The molecule has 0 radical (unpaired) electrons. The highest BCUT2D eigenvalue weighted by molar-refractivity contribution is 5.74. The van der Waals surface area contributed by atoms with Crippen molar-refractivity contribution in [2.75, 3.05) is 40.0 Å². The molecule has 27 heavy (non-hydrogen) atoms. The first kappa shape index (κ1) is 19.1. The average molecular weight is 370 g/mol. The van der Waals surface area contributed by atoms with Crippen molar-refractivity contribution in [2.45, 2.75) is 12.6 Å². The second-order valence-electron chi connectivity index (χ2n) is 6.38. The van der Waals surface area contributed by atoms with Crippen LogP contribution in [0.1, 0.15) is 17.2 Å². The summed E-state index contributed by atoms with van der Waals surface area (Å²) >= 11 is 0. The van der Waals surface area contributed by atoms with E-state index in [1.54, 1.807) is 13.3 Å². The number of carbonyl (C=O) groups is 1. The number of amides is 2. The largest absolute Gasteiger partial charge is 0.481 e. The molecule has 1 aromatic heterocycles. The number of hydrogen-bond donors (Lipinski definition) is 2. The van der Waals surface area contributed by atoms with Crippen LogP contribution in [0.4, 0.5) is 4.79 Å². The molecule has 1 aliphatic heterocycles. The van der Waals surface area contributed by atoms with Gasteiger partial charge in [-0.25, -0.2) is 9.78 Å². The molecular formula is C20H26N4O3. The topological polar surface area (TPSA) is 75.7 Å². The molecule has 0 unspecified atom stereocenters. The molecule has 2 heterocycles. The van der Waals surface area contributed by atoms with E-state index in [-0.39, 0.29) is 12.1 Å². The molecule has 0 aliphatic carbocycles. The Balaban J connectivity index is 1.61. The standard InChI is InChI=1S/C20H26N4O3/c1-26-19-17(8-5-9-21-19)14-22-20(25)23-18(16-6-3-2-4-7-16)15-24-10-12-27-13-11-24/h2-9,18H,10-15H2,1H3,(H2,22,23,25)/t18-/m1/s1. The van der Waals surface area contributed by atoms with Crippen LogP contribution in [0.5, 0.6) is 5.88 Å². The van der Waals surface area contributed by atoms with Crippen molar-refractivity contribution >= 4 is 6.03 Å². The predicted octanol–water partition coefficient (Wildman–Crippen LogP) is 1.96. The molecule has 1 fully saturated rings. The number of nitrogens with zero attached hydrogens (tertiary/aromatic N) is 2. The third-order valence-electron chi connectivity index (χ3n) is 4.53. The number of benzene rings is 1. The normalized spacial score (nSPS) is 15.7. The monoisotopic (exact) mass is 370 g/mol. The van der Waals surface area contributed by atoms with Gasteiger partial charge >= 0.3 is 6.03 Å². The van der Waals surface area contributed by atoms with Crippen LogP contribution in [0.15, 0.2) is 48.7 Å². The molecule has 1 atom stereocenters. The molecule has 0 bridgehead atoms. The first-order valence-corrected chi connectivity index (χ1v) is 9.13. The maximum Gasteiger partial charge on any atom is 0.315 e. The van der Waals surface area contributed by atoms with E-state index in [4.69, 9.17) is 9.47 Å². The maximum atomic E-state index is 12.5. The van der Waals surface area contributed by atoms with Gasteiger partial charge in [0, 0.05) is 37.9 Å². The Morgan fingerprint density at radius 3 is 2.74 bits per heavy atom. The van der Waals surface area contributed by atoms with Crippen molar-refractivity contribution in [1.29, 1.82) is 0 Å². The van der Waals surface area contributed by atoms with E-state index in [1.807, 2.05) is 42.5 Å². The lowest BCUT2D eigenvalue weighted by molar-refractivity contribution is 0.0340. The van der Waals surface area contributed by atoms with E-state index in [1.165, 1.54) is 0 Å². The Labute approximate surface area is 159 Å². The molecule has 2 aromatic rings. The van der Waals surface area contributed by atoms with E-state index in [9.17, 15) is 4.79 Å². The number of hydrogen-bond acceptors (Lipinski definition) is 5. The van der Waals surface area contributed by atoms with Crippen LogP contribution >= 0.6 is 0 Å². The molecule has 144 valence electrons. The Morgan fingerprint density at radius 1 is 1.22 bits per heavy atom. The van der Waals surface area contributed by atoms with Gasteiger partial charge in [0.05, 0.1) is 26.4 Å². The highest BCUT2D eigenvalue weighted by atomic mass is 16.5. The highest BCUT2D eigenvalue weighted by Gasteiger charge is 2.20. The van der Waals surface area contributed by atoms with Crippen LogP contribution in [-0.2, 0) is 11.3 Å². The maximum absolute atomic E-state index is 12.5. The van der Waals surface area contributed by atoms with Crippen molar-refractivity contribution in [3.63, 3.8) is 0 Å². The van der Waals surface area contributed by atoms with Gasteiger partial charge in [0.1, 0.15) is 0 Å². The van der Waals surface area contributed by atoms with Crippen LogP contribution in [-0.4, -0.2) is 55.9 Å². The number of urea groups is 1. The fraction of sp³-hybridized carbons (Fsp3) is 0.400. The zero-order chi connectivity index (χ0) is 18.9. The number of methoxy groups -OCH3 is 1. The van der Waals surface area contributed by atoms with E-state index < -0.39 is 0 Å². The summed E-state index contributed by atoms with van der Waals surface area (Å²) in [4.78, 5) is 19.0. The van der Waals surface area contributed by atoms with Crippen LogP contribution in [0.3, 0.4) is 0 Å². The van der Waals surface area contributed by atoms with Gasteiger partial charge < -0.3 is 20.1 Å². The quantitative estimate of drug-likeness (QED) is 0.779. The van der Waals surface area contributed by atoms with Crippen LogP contribution in [0.2, 0.25) is 0 Å². The van der Waals surface area contributed by atoms with Gasteiger partial charge in [-0.1, -0.05) is 36.4 Å². The minimum absolute atomic E-state index is 0.0971. The van der Waals surface area contributed by atoms with Crippen molar-refractivity contribution < 1.29 is 14.3 Å². The van der Waals surface area contributed by atoms with Gasteiger partial charge in [-0.05, 0) is 11.6 Å². The van der Waals surface area contributed by atoms with Crippen molar-refractivity contribution in [1.82, 2.24) is 20.5 Å². The molecule has 0 spiro atoms. The minimum Gasteiger partial charge on any atom is -0.481 e. The van der Waals surface area contributed by atoms with Crippen molar-refractivity contribution in [3.8, 4) is 5.88 Å². The number of rotatable bonds is 7. The average Bonchev–Trinajstić information content (AvgIpc) is 2.73. The lowest BCUT2D eigenvalue weighted by atomic mass is 10.1. The summed E-state index contributed by atoms with van der Waals surface area (Å²) in [5, 5.41) is 5.99. The smallest absolute Gasteiger partial charge is 0.315 e. The first-order valence-electron chi connectivity index (χ1n) is 9.13. The molecule has 1 aromatic carbocycles. The Bertz CT molecular complexity index is 720. The van der Waals surface area contributed by atoms with Crippen molar-refractivity contribution in [3.05, 3.63) is 59.8 Å². The summed E-state index contributed by atoms with van der Waals surface area (Å²) in [7, 11) is 1.57. The minimum atomic E-state index is -0.219. The molecule has 3 rings (SSSR count). The van der Waals surface area contributed by atoms with E-state index >= 15 is 0 Å². The highest BCUT2D eigenvalue weighted by Crippen LogP contribution is 2.16. The second-order valence-corrected chi connectivity index (χ2v) is 6.38. The number of aromatic nitrogens is 1. The fourth-order valence-electron chi connectivity index (χ4n) is 3.09. The number of ether oxygens (including phenoxy) is 2. The van der Waals surface area contributed by atoms with Crippen LogP contribution in [0, 0.1) is 0 Å². The van der Waals surface area contributed by atoms with Crippen LogP contribution < -0.4 is 15.4 Å². The Hall–Kier alpha value is -2.64. The third kappa shape index (κ3) is 5.67. The molecule has 7 nitrogen and oxygen atoms in total. The summed E-state index contributed by atoms with van der Waals surface area (Å²) in [6.45, 7) is 4.31. The lowest BCUT2D eigenvalue weighted by Crippen LogP contribution is -2.45. The van der Waals surface area contributed by atoms with Crippen molar-refractivity contribution in [2.24, 2.45) is 0 Å². The fourth-order valence-corrected chi connectivity index (χ4v) is 3.09. The van der Waals surface area contributed by atoms with Gasteiger partial charge in [0.25, 0.3) is 0 Å². The predicted molar refractivity (Wildman–Crippen MR) is 103 cm³/mol. The van der Waals surface area contributed by atoms with Gasteiger partial charge in [-0.2, -0.15) is 0 Å². The molecule has 0 saturated carbocycles. The Morgan fingerprint density at radius 2 is 2.00 bits per heavy atom. The molecule has 2 amide bonds. The summed E-state index contributed by atoms with van der Waals surface area (Å²) in [6.07, 6.45) is 1.66. The summed E-state index contributed by atoms with van der Waals surface area (Å²) < 4.78 is 10.6. The zero-order valence-corrected chi connectivity index (χ0v) is 15.6. The van der Waals surface area contributed by atoms with Crippen LogP contribution in [0.25, 0.3) is 0 Å². The van der Waals surface area contributed by atoms with E-state index in [0.29, 0.717) is 12.4 Å². The van der Waals surface area contributed by atoms with Gasteiger partial charge in [0.15, 0.2) is 0 Å². The second kappa shape index (κ2) is 9.89. The summed E-state index contributed by atoms with van der Waals surface area (Å²) in [6, 6.07) is 13.4. The Kier molecular flexibility index (Phi) is 7.01. The first-order chi connectivity index (χ1) is 13.3. The summed E-state index contributed by atoms with van der Waals surface area (Å²) in [5.74, 6) is 0.519.